The minimum atomic E-state index is 0.215. The van der Waals surface area contributed by atoms with Crippen molar-refractivity contribution in [2.75, 3.05) is 39.3 Å². The summed E-state index contributed by atoms with van der Waals surface area (Å²) in [5.74, 6) is 0.922. The molecule has 6 heteroatoms. The Labute approximate surface area is 157 Å². The number of rotatable bonds is 5. The summed E-state index contributed by atoms with van der Waals surface area (Å²) in [5, 5.41) is 0. The molecule has 1 spiro atoms. The number of carbonyl (C=O) groups excluding carboxylic acids is 1. The molecular weight excluding hydrogens is 326 g/mol. The van der Waals surface area contributed by atoms with Crippen LogP contribution in [0.2, 0.25) is 0 Å². The molecule has 2 fully saturated rings. The van der Waals surface area contributed by atoms with Crippen LogP contribution >= 0.6 is 0 Å². The van der Waals surface area contributed by atoms with Crippen LogP contribution in [0.4, 0.5) is 4.79 Å². The maximum Gasteiger partial charge on any atom is 0.319 e. The molecule has 0 radical (unpaired) electrons. The van der Waals surface area contributed by atoms with Crippen LogP contribution in [0.1, 0.15) is 51.6 Å². The first kappa shape index (κ1) is 19.1. The summed E-state index contributed by atoms with van der Waals surface area (Å²) in [5.41, 5.74) is 1.38. The fourth-order valence-corrected chi connectivity index (χ4v) is 4.50. The SMILES string of the molecule is CCc1nccc(CN2CCC[C@]3(CCN(C(=O)N(CC)CC)C3)C2)n1. The predicted octanol–water partition coefficient (Wildman–Crippen LogP) is 2.79. The van der Waals surface area contributed by atoms with Gasteiger partial charge in [0.15, 0.2) is 0 Å². The molecule has 0 aromatic carbocycles. The van der Waals surface area contributed by atoms with Gasteiger partial charge in [0.2, 0.25) is 0 Å². The molecular formula is C20H33N5O. The molecule has 0 N–H and O–H groups in total. The van der Waals surface area contributed by atoms with Crippen LogP contribution in [0.25, 0.3) is 0 Å². The third kappa shape index (κ3) is 4.17. The Morgan fingerprint density at radius 3 is 2.73 bits per heavy atom. The first-order chi connectivity index (χ1) is 12.6. The van der Waals surface area contributed by atoms with Gasteiger partial charge in [-0.05, 0) is 45.7 Å². The zero-order valence-electron chi connectivity index (χ0n) is 16.6. The highest BCUT2D eigenvalue weighted by atomic mass is 16.2. The Morgan fingerprint density at radius 1 is 1.19 bits per heavy atom. The number of amides is 2. The number of aryl methyl sites for hydroxylation is 1. The van der Waals surface area contributed by atoms with E-state index in [0.29, 0.717) is 0 Å². The Kier molecular flexibility index (Phi) is 6.12. The average molecular weight is 360 g/mol. The molecule has 0 aliphatic carbocycles. The monoisotopic (exact) mass is 359 g/mol. The van der Waals surface area contributed by atoms with Crippen molar-refractivity contribution in [3.05, 3.63) is 23.8 Å². The molecule has 0 bridgehead atoms. The van der Waals surface area contributed by atoms with Gasteiger partial charge in [0, 0.05) is 57.3 Å². The first-order valence-electron chi connectivity index (χ1n) is 10.2. The van der Waals surface area contributed by atoms with Crippen molar-refractivity contribution in [3.63, 3.8) is 0 Å². The lowest BCUT2D eigenvalue weighted by Crippen LogP contribution is -2.47. The van der Waals surface area contributed by atoms with Gasteiger partial charge in [-0.25, -0.2) is 14.8 Å². The second kappa shape index (κ2) is 8.33. The lowest BCUT2D eigenvalue weighted by atomic mass is 9.79. The zero-order chi connectivity index (χ0) is 18.6. The second-order valence-electron chi connectivity index (χ2n) is 7.76. The Bertz CT molecular complexity index is 618. The van der Waals surface area contributed by atoms with E-state index in [0.717, 1.165) is 70.2 Å². The third-order valence-electron chi connectivity index (χ3n) is 5.95. The largest absolute Gasteiger partial charge is 0.325 e. The minimum absolute atomic E-state index is 0.215. The topological polar surface area (TPSA) is 52.6 Å². The van der Waals surface area contributed by atoms with E-state index in [1.807, 2.05) is 17.2 Å². The van der Waals surface area contributed by atoms with Crippen molar-refractivity contribution in [2.24, 2.45) is 5.41 Å². The molecule has 2 saturated heterocycles. The molecule has 2 aliphatic heterocycles. The smallest absolute Gasteiger partial charge is 0.319 e. The van der Waals surface area contributed by atoms with Gasteiger partial charge in [0.25, 0.3) is 0 Å². The van der Waals surface area contributed by atoms with E-state index < -0.39 is 0 Å². The number of carbonyl (C=O) groups is 1. The Morgan fingerprint density at radius 2 is 2.00 bits per heavy atom. The van der Waals surface area contributed by atoms with Gasteiger partial charge in [-0.1, -0.05) is 6.92 Å². The molecule has 144 valence electrons. The van der Waals surface area contributed by atoms with E-state index >= 15 is 0 Å². The van der Waals surface area contributed by atoms with Crippen LogP contribution in [-0.4, -0.2) is 70.0 Å². The zero-order valence-corrected chi connectivity index (χ0v) is 16.6. The maximum atomic E-state index is 12.7. The normalized spacial score (nSPS) is 23.6. The van der Waals surface area contributed by atoms with Crippen LogP contribution in [0.3, 0.4) is 0 Å². The van der Waals surface area contributed by atoms with Crippen molar-refractivity contribution in [3.8, 4) is 0 Å². The van der Waals surface area contributed by atoms with Crippen LogP contribution in [0, 0.1) is 5.41 Å². The molecule has 2 aliphatic rings. The van der Waals surface area contributed by atoms with Gasteiger partial charge in [-0.3, -0.25) is 4.90 Å². The molecule has 2 amide bonds. The van der Waals surface area contributed by atoms with Gasteiger partial charge < -0.3 is 9.80 Å². The summed E-state index contributed by atoms with van der Waals surface area (Å²) in [7, 11) is 0. The lowest BCUT2D eigenvalue weighted by molar-refractivity contribution is 0.0860. The lowest BCUT2D eigenvalue weighted by Gasteiger charge is -2.40. The van der Waals surface area contributed by atoms with E-state index in [1.54, 1.807) is 0 Å². The highest BCUT2D eigenvalue weighted by Crippen LogP contribution is 2.39. The van der Waals surface area contributed by atoms with E-state index in [2.05, 4.69) is 40.5 Å². The number of piperidine rings is 1. The molecule has 0 unspecified atom stereocenters. The first-order valence-corrected chi connectivity index (χ1v) is 10.2. The fourth-order valence-electron chi connectivity index (χ4n) is 4.50. The summed E-state index contributed by atoms with van der Waals surface area (Å²) < 4.78 is 0. The van der Waals surface area contributed by atoms with Gasteiger partial charge in [0.1, 0.15) is 5.82 Å². The highest BCUT2D eigenvalue weighted by molar-refractivity contribution is 5.74. The molecule has 26 heavy (non-hydrogen) atoms. The van der Waals surface area contributed by atoms with Gasteiger partial charge in [0.05, 0.1) is 5.69 Å². The molecule has 3 heterocycles. The van der Waals surface area contributed by atoms with E-state index in [4.69, 9.17) is 0 Å². The summed E-state index contributed by atoms with van der Waals surface area (Å²) in [6, 6.07) is 2.25. The van der Waals surface area contributed by atoms with Gasteiger partial charge in [-0.2, -0.15) is 0 Å². The summed E-state index contributed by atoms with van der Waals surface area (Å²) in [6.45, 7) is 12.7. The van der Waals surface area contributed by atoms with E-state index in [1.165, 1.54) is 12.8 Å². The Balaban J connectivity index is 1.62. The summed E-state index contributed by atoms with van der Waals surface area (Å²) >= 11 is 0. The number of urea groups is 1. The minimum Gasteiger partial charge on any atom is -0.325 e. The molecule has 6 nitrogen and oxygen atoms in total. The quantitative estimate of drug-likeness (QED) is 0.811. The van der Waals surface area contributed by atoms with Crippen molar-refractivity contribution < 1.29 is 4.79 Å². The molecule has 0 saturated carbocycles. The summed E-state index contributed by atoms with van der Waals surface area (Å²) in [4.78, 5) is 28.2. The van der Waals surface area contributed by atoms with Crippen LogP contribution in [0.15, 0.2) is 12.3 Å². The third-order valence-corrected chi connectivity index (χ3v) is 5.95. The average Bonchev–Trinajstić information content (AvgIpc) is 3.06. The van der Waals surface area contributed by atoms with E-state index in [-0.39, 0.29) is 11.4 Å². The van der Waals surface area contributed by atoms with Gasteiger partial charge >= 0.3 is 6.03 Å². The number of hydrogen-bond acceptors (Lipinski definition) is 4. The van der Waals surface area contributed by atoms with Crippen LogP contribution in [-0.2, 0) is 13.0 Å². The van der Waals surface area contributed by atoms with Crippen molar-refractivity contribution >= 4 is 6.03 Å². The molecule has 3 rings (SSSR count). The van der Waals surface area contributed by atoms with Crippen molar-refractivity contribution in [1.29, 1.82) is 0 Å². The maximum absolute atomic E-state index is 12.7. The molecule has 1 aromatic rings. The number of likely N-dealkylation sites (tertiary alicyclic amines) is 2. The molecule has 1 aromatic heterocycles. The predicted molar refractivity (Wildman–Crippen MR) is 103 cm³/mol. The number of nitrogens with zero attached hydrogens (tertiary/aromatic N) is 5. The second-order valence-corrected chi connectivity index (χ2v) is 7.76. The van der Waals surface area contributed by atoms with E-state index in [9.17, 15) is 4.79 Å². The van der Waals surface area contributed by atoms with Crippen LogP contribution < -0.4 is 0 Å². The molecule has 1 atom stereocenters. The highest BCUT2D eigenvalue weighted by Gasteiger charge is 2.43. The summed E-state index contributed by atoms with van der Waals surface area (Å²) in [6.07, 6.45) is 6.32. The van der Waals surface area contributed by atoms with Gasteiger partial charge in [-0.15, -0.1) is 0 Å². The van der Waals surface area contributed by atoms with Crippen molar-refractivity contribution in [1.82, 2.24) is 24.7 Å². The van der Waals surface area contributed by atoms with Crippen molar-refractivity contribution in [2.45, 2.75) is 53.0 Å². The number of hydrogen-bond donors (Lipinski definition) is 0. The fraction of sp³-hybridized carbons (Fsp3) is 0.750. The number of aromatic nitrogens is 2. The van der Waals surface area contributed by atoms with Crippen LogP contribution in [0.5, 0.6) is 0 Å². The standard InChI is InChI=1S/C20H33N5O/c1-4-18-21-11-8-17(22-18)14-23-12-7-9-20(15-23)10-13-25(16-20)19(26)24(5-2)6-3/h8,11H,4-7,9-10,12-16H2,1-3H3/t20-/m0/s1. The Hall–Kier alpha value is -1.69.